The minimum Gasteiger partial charge on any atom is -0.354 e. The first-order valence-electron chi connectivity index (χ1n) is 34.6. The van der Waals surface area contributed by atoms with Crippen LogP contribution in [0.1, 0.15) is 228 Å². The molecule has 0 fully saturated rings. The number of aromatic nitrogens is 6. The first-order chi connectivity index (χ1) is 43.7. The van der Waals surface area contributed by atoms with E-state index in [0.717, 1.165) is 118 Å². The number of H-pyrrole nitrogens is 3. The van der Waals surface area contributed by atoms with Crippen molar-refractivity contribution in [1.82, 2.24) is 29.9 Å². The first-order valence-corrected chi connectivity index (χ1v) is 38.1. The molecule has 0 radical (unpaired) electrons. The van der Waals surface area contributed by atoms with E-state index in [9.17, 15) is 0 Å². The molecule has 0 aliphatic carbocycles. The monoisotopic (exact) mass is 1270 g/mol. The van der Waals surface area contributed by atoms with Gasteiger partial charge in [0.2, 0.25) is 0 Å². The average Bonchev–Trinajstić information content (AvgIpc) is 1.67. The van der Waals surface area contributed by atoms with E-state index in [1.54, 1.807) is 0 Å². The Morgan fingerprint density at radius 2 is 0.589 bits per heavy atom. The zero-order valence-corrected chi connectivity index (χ0v) is 63.5. The summed E-state index contributed by atoms with van der Waals surface area (Å²) in [5.74, 6) is 4.27. The van der Waals surface area contributed by atoms with Crippen LogP contribution in [0, 0.1) is 11.5 Å². The van der Waals surface area contributed by atoms with E-state index >= 15 is 0 Å². The number of nitrogens with zero attached hydrogens (tertiary/aromatic N) is 3. The van der Waals surface area contributed by atoms with Gasteiger partial charge in [-0.3, -0.25) is 0 Å². The van der Waals surface area contributed by atoms with Crippen molar-refractivity contribution in [2.75, 3.05) is 0 Å². The number of hydrogen-bond acceptors (Lipinski definition) is 3. The predicted molar refractivity (Wildman–Crippen MR) is 414 cm³/mol. The number of hydrogen-bond donors (Lipinski definition) is 3. The standard InChI is InChI=1S/C88H106N6Si/c1-81(2,3)58-40-54(41-59(48-58)82(4,5)6)72-66-32-33-67(89-66)73(55-42-60(83(7,8)9)49-61(43-55)84(10,11)12)69-35-37-71(91-69)75(57-46-64(87(19,20)21)51-65(47-57)88(22,23)24)77-79-78(93-80(94-79)53-30-28-52(29-31-53)38-39-95(25,26)27)76(92-77)74(70-36-34-68(72)90-70)56-44-62(85(13,14)15)50-63(45-56)86(16,17)18/h28-37,40-51,90-91H,1-27H3,(H,93,94). The van der Waals surface area contributed by atoms with Gasteiger partial charge in [0.05, 0.1) is 22.8 Å². The molecule has 7 heteroatoms. The quantitative estimate of drug-likeness (QED) is 0.119. The van der Waals surface area contributed by atoms with E-state index in [1.165, 1.54) is 44.5 Å². The van der Waals surface area contributed by atoms with Gasteiger partial charge in [0.15, 0.2) is 0 Å². The Morgan fingerprint density at radius 1 is 0.295 bits per heavy atom. The van der Waals surface area contributed by atoms with Gasteiger partial charge in [-0.2, -0.15) is 0 Å². The number of rotatable bonds is 5. The third-order valence-electron chi connectivity index (χ3n) is 19.0. The van der Waals surface area contributed by atoms with Gasteiger partial charge in [-0.25, -0.2) is 15.0 Å². The van der Waals surface area contributed by atoms with Crippen LogP contribution in [-0.2, 0) is 43.3 Å². The van der Waals surface area contributed by atoms with Gasteiger partial charge in [0, 0.05) is 55.4 Å². The van der Waals surface area contributed by atoms with Crippen LogP contribution in [0.3, 0.4) is 0 Å². The highest BCUT2D eigenvalue weighted by atomic mass is 28.3. The van der Waals surface area contributed by atoms with Gasteiger partial charge in [-0.05, 0) is 159 Å². The molecule has 8 bridgehead atoms. The van der Waals surface area contributed by atoms with Gasteiger partial charge >= 0.3 is 0 Å². The topological polar surface area (TPSA) is 86.0 Å². The van der Waals surface area contributed by atoms with Crippen LogP contribution in [-0.4, -0.2) is 38.0 Å². The first kappa shape index (κ1) is 68.3. The summed E-state index contributed by atoms with van der Waals surface area (Å²) < 4.78 is 0. The van der Waals surface area contributed by atoms with Crippen molar-refractivity contribution in [3.63, 3.8) is 0 Å². The largest absolute Gasteiger partial charge is 0.354 e. The molecule has 6 nitrogen and oxygen atoms in total. The lowest BCUT2D eigenvalue weighted by atomic mass is 9.78. The fraction of sp³-hybridized carbons (Fsp3) is 0.398. The van der Waals surface area contributed by atoms with Gasteiger partial charge in [0.1, 0.15) is 25.3 Å². The molecule has 11 rings (SSSR count). The van der Waals surface area contributed by atoms with Crippen LogP contribution in [0.25, 0.3) is 113 Å². The highest BCUT2D eigenvalue weighted by molar-refractivity contribution is 6.83. The van der Waals surface area contributed by atoms with Gasteiger partial charge in [-0.1, -0.05) is 277 Å². The summed E-state index contributed by atoms with van der Waals surface area (Å²) in [7, 11) is -1.63. The summed E-state index contributed by atoms with van der Waals surface area (Å²) in [4.78, 5) is 30.4. The summed E-state index contributed by atoms with van der Waals surface area (Å²) in [5, 5.41) is 0. The fourth-order valence-corrected chi connectivity index (χ4v) is 13.2. The molecule has 95 heavy (non-hydrogen) atoms. The Hall–Kier alpha value is -8.05. The van der Waals surface area contributed by atoms with Crippen LogP contribution in [0.5, 0.6) is 0 Å². The van der Waals surface area contributed by atoms with Crippen molar-refractivity contribution in [2.24, 2.45) is 0 Å². The molecular formula is C88H106N6Si. The minimum atomic E-state index is -1.63. The van der Waals surface area contributed by atoms with Crippen molar-refractivity contribution in [1.29, 1.82) is 0 Å². The number of benzene rings is 5. The Bertz CT molecular complexity index is 4410. The number of nitrogens with one attached hydrogen (secondary N) is 3. The Balaban J connectivity index is 1.43. The van der Waals surface area contributed by atoms with Crippen LogP contribution in [0.4, 0.5) is 0 Å². The van der Waals surface area contributed by atoms with Crippen LogP contribution in [0.15, 0.2) is 121 Å². The molecule has 2 aliphatic heterocycles. The molecule has 492 valence electrons. The zero-order valence-electron chi connectivity index (χ0n) is 62.5. The number of aromatic amines is 3. The minimum absolute atomic E-state index is 0.142. The summed E-state index contributed by atoms with van der Waals surface area (Å²) in [6.45, 7) is 62.7. The molecule has 2 aliphatic rings. The third kappa shape index (κ3) is 14.1. The maximum absolute atomic E-state index is 6.20. The predicted octanol–water partition coefficient (Wildman–Crippen LogP) is 24.5. The second-order valence-corrected chi connectivity index (χ2v) is 41.4. The van der Waals surface area contributed by atoms with E-state index in [-0.39, 0.29) is 43.3 Å². The molecular weight excluding hydrogens is 1170 g/mol. The molecule has 0 atom stereocenters. The molecule has 6 heterocycles. The lowest BCUT2D eigenvalue weighted by Crippen LogP contribution is -2.16. The SMILES string of the molecule is CC(C)(C)c1cc(-c2c3nc(c(-c4cc(C(C)(C)C)cc(C(C)(C)C)c4)c4ccc([nH]4)c(-c4cc(C(C)(C)C)cc(C(C)(C)C)c4)c4nc(c(-c5cc(C(C)(C)C)cc(C(C)(C)C)c5)c5ccc2[nH]5)-c2nc(-c5ccc(C#C[Si](C)(C)C)cc5)[nH]c2-4)C=C3)cc(C(C)(C)C)c1. The second-order valence-electron chi connectivity index (χ2n) is 36.7. The van der Waals surface area contributed by atoms with Crippen molar-refractivity contribution >= 4 is 42.3 Å². The summed E-state index contributed by atoms with van der Waals surface area (Å²) in [6, 6.07) is 46.8. The van der Waals surface area contributed by atoms with Crippen molar-refractivity contribution < 1.29 is 0 Å². The lowest BCUT2D eigenvalue weighted by Gasteiger charge is -2.26. The van der Waals surface area contributed by atoms with Crippen molar-refractivity contribution in [3.05, 3.63) is 183 Å². The zero-order chi connectivity index (χ0) is 69.5. The molecule has 0 unspecified atom stereocenters. The number of fused-ring (bicyclic) bond motifs is 11. The molecule has 0 amide bonds. The summed E-state index contributed by atoms with van der Waals surface area (Å²) in [6.07, 6.45) is 4.52. The Kier molecular flexibility index (Phi) is 16.8. The molecule has 3 N–H and O–H groups in total. The van der Waals surface area contributed by atoms with Crippen LogP contribution in [0.2, 0.25) is 19.6 Å². The smallest absolute Gasteiger partial charge is 0.138 e. The highest BCUT2D eigenvalue weighted by Crippen LogP contribution is 2.50. The maximum atomic E-state index is 6.20. The van der Waals surface area contributed by atoms with Gasteiger partial charge < -0.3 is 15.0 Å². The van der Waals surface area contributed by atoms with Gasteiger partial charge in [-0.15, -0.1) is 5.54 Å². The highest BCUT2D eigenvalue weighted by Gasteiger charge is 2.34. The average molecular weight is 1280 g/mol. The van der Waals surface area contributed by atoms with Gasteiger partial charge in [0.25, 0.3) is 0 Å². The van der Waals surface area contributed by atoms with E-state index in [4.69, 9.17) is 15.0 Å². The summed E-state index contributed by atoms with van der Waals surface area (Å²) in [5.41, 5.74) is 31.5. The molecule has 0 saturated carbocycles. The maximum Gasteiger partial charge on any atom is 0.138 e. The fourth-order valence-electron chi connectivity index (χ4n) is 12.7. The molecule has 5 aromatic carbocycles. The van der Waals surface area contributed by atoms with Crippen molar-refractivity contribution in [3.8, 4) is 90.1 Å². The molecule has 9 aromatic rings. The second kappa shape index (κ2) is 23.4. The van der Waals surface area contributed by atoms with E-state index in [2.05, 4.69) is 346 Å². The van der Waals surface area contributed by atoms with Crippen LogP contribution >= 0.6 is 0 Å². The van der Waals surface area contributed by atoms with Crippen LogP contribution < -0.4 is 0 Å². The number of imidazole rings is 1. The van der Waals surface area contributed by atoms with E-state index in [0.29, 0.717) is 0 Å². The normalized spacial score (nSPS) is 13.5. The Morgan fingerprint density at radius 3 is 0.895 bits per heavy atom. The molecule has 0 saturated heterocycles. The summed E-state index contributed by atoms with van der Waals surface area (Å²) >= 11 is 0. The van der Waals surface area contributed by atoms with E-state index < -0.39 is 8.07 Å². The van der Waals surface area contributed by atoms with E-state index in [1.807, 2.05) is 0 Å². The lowest BCUT2D eigenvalue weighted by molar-refractivity contribution is 0.568. The van der Waals surface area contributed by atoms with Crippen molar-refractivity contribution in [2.45, 2.75) is 229 Å². The third-order valence-corrected chi connectivity index (χ3v) is 19.9. The Labute approximate surface area is 570 Å². The molecule has 4 aromatic heterocycles. The molecule has 0 spiro atoms.